The van der Waals surface area contributed by atoms with E-state index in [4.69, 9.17) is 15.2 Å². The van der Waals surface area contributed by atoms with Gasteiger partial charge in [0.2, 0.25) is 0 Å². The van der Waals surface area contributed by atoms with Gasteiger partial charge in [-0.1, -0.05) is 24.3 Å². The fourth-order valence-electron chi connectivity index (χ4n) is 1.23. The smallest absolute Gasteiger partial charge is 0.119 e. The first kappa shape index (κ1) is 12.7. The van der Waals surface area contributed by atoms with E-state index in [1.807, 2.05) is 43.3 Å². The van der Waals surface area contributed by atoms with Crippen molar-refractivity contribution in [3.05, 3.63) is 42.0 Å². The number of allylic oxidation sites excluding steroid dienone is 1. The maximum Gasteiger partial charge on any atom is 0.119 e. The van der Waals surface area contributed by atoms with Crippen LogP contribution in [-0.4, -0.2) is 19.8 Å². The molecule has 1 rings (SSSR count). The van der Waals surface area contributed by atoms with E-state index in [1.165, 1.54) is 0 Å². The molecule has 2 N–H and O–H groups in total. The van der Waals surface area contributed by atoms with Crippen molar-refractivity contribution in [2.24, 2.45) is 5.73 Å². The van der Waals surface area contributed by atoms with Crippen LogP contribution in [0.3, 0.4) is 0 Å². The SMILES string of the molecule is CC=CCOCCOc1cccc(CN)c1. The summed E-state index contributed by atoms with van der Waals surface area (Å²) in [6.07, 6.45) is 3.93. The Morgan fingerprint density at radius 2 is 2.19 bits per heavy atom. The minimum atomic E-state index is 0.537. The second-order valence-corrected chi connectivity index (χ2v) is 3.34. The van der Waals surface area contributed by atoms with Crippen molar-refractivity contribution >= 4 is 0 Å². The van der Waals surface area contributed by atoms with Gasteiger partial charge in [-0.15, -0.1) is 0 Å². The minimum absolute atomic E-state index is 0.537. The summed E-state index contributed by atoms with van der Waals surface area (Å²) in [4.78, 5) is 0. The quantitative estimate of drug-likeness (QED) is 0.566. The Balaban J connectivity index is 2.21. The molecule has 0 saturated carbocycles. The summed E-state index contributed by atoms with van der Waals surface area (Å²) in [5.41, 5.74) is 6.62. The van der Waals surface area contributed by atoms with Crippen LogP contribution < -0.4 is 10.5 Å². The van der Waals surface area contributed by atoms with Gasteiger partial charge in [-0.2, -0.15) is 0 Å². The third-order valence-corrected chi connectivity index (χ3v) is 2.08. The van der Waals surface area contributed by atoms with Crippen LogP contribution in [-0.2, 0) is 11.3 Å². The first-order valence-electron chi connectivity index (χ1n) is 5.47. The van der Waals surface area contributed by atoms with Crippen molar-refractivity contribution in [2.75, 3.05) is 19.8 Å². The average molecular weight is 221 g/mol. The predicted octanol–water partition coefficient (Wildman–Crippen LogP) is 2.12. The summed E-state index contributed by atoms with van der Waals surface area (Å²) in [6, 6.07) is 7.80. The highest BCUT2D eigenvalue weighted by molar-refractivity contribution is 5.28. The van der Waals surface area contributed by atoms with E-state index in [9.17, 15) is 0 Å². The molecule has 0 saturated heterocycles. The van der Waals surface area contributed by atoms with Crippen LogP contribution in [0.15, 0.2) is 36.4 Å². The maximum absolute atomic E-state index is 5.54. The van der Waals surface area contributed by atoms with Gasteiger partial charge in [-0.3, -0.25) is 0 Å². The molecule has 3 nitrogen and oxygen atoms in total. The van der Waals surface area contributed by atoms with Crippen LogP contribution in [0.4, 0.5) is 0 Å². The Labute approximate surface area is 96.9 Å². The molecule has 1 aromatic rings. The second kappa shape index (κ2) is 7.91. The molecule has 0 bridgehead atoms. The van der Waals surface area contributed by atoms with Crippen molar-refractivity contribution in [1.82, 2.24) is 0 Å². The zero-order chi connectivity index (χ0) is 11.6. The van der Waals surface area contributed by atoms with E-state index in [-0.39, 0.29) is 0 Å². The van der Waals surface area contributed by atoms with Gasteiger partial charge in [0.05, 0.1) is 13.2 Å². The van der Waals surface area contributed by atoms with Gasteiger partial charge in [-0.25, -0.2) is 0 Å². The minimum Gasteiger partial charge on any atom is -0.491 e. The molecule has 0 aliphatic rings. The molecule has 0 spiro atoms. The molecule has 0 atom stereocenters. The van der Waals surface area contributed by atoms with Crippen molar-refractivity contribution in [1.29, 1.82) is 0 Å². The van der Waals surface area contributed by atoms with Gasteiger partial charge in [0.25, 0.3) is 0 Å². The van der Waals surface area contributed by atoms with Gasteiger partial charge in [0.1, 0.15) is 12.4 Å². The highest BCUT2D eigenvalue weighted by Crippen LogP contribution is 2.12. The van der Waals surface area contributed by atoms with Crippen molar-refractivity contribution in [3.63, 3.8) is 0 Å². The third-order valence-electron chi connectivity index (χ3n) is 2.08. The van der Waals surface area contributed by atoms with Crippen LogP contribution in [0.1, 0.15) is 12.5 Å². The number of nitrogens with two attached hydrogens (primary N) is 1. The van der Waals surface area contributed by atoms with E-state index in [2.05, 4.69) is 0 Å². The van der Waals surface area contributed by atoms with Crippen LogP contribution in [0.5, 0.6) is 5.75 Å². The lowest BCUT2D eigenvalue weighted by Gasteiger charge is -2.07. The van der Waals surface area contributed by atoms with E-state index in [1.54, 1.807) is 0 Å². The highest BCUT2D eigenvalue weighted by atomic mass is 16.5. The summed E-state index contributed by atoms with van der Waals surface area (Å²) in [6.45, 7) is 4.30. The highest BCUT2D eigenvalue weighted by Gasteiger charge is 1.95. The first-order chi connectivity index (χ1) is 7.86. The van der Waals surface area contributed by atoms with E-state index in [0.717, 1.165) is 11.3 Å². The molecule has 0 unspecified atom stereocenters. The molecule has 0 aliphatic heterocycles. The summed E-state index contributed by atoms with van der Waals surface area (Å²) in [5, 5.41) is 0. The molecule has 0 amide bonds. The lowest BCUT2D eigenvalue weighted by atomic mass is 10.2. The van der Waals surface area contributed by atoms with Gasteiger partial charge < -0.3 is 15.2 Å². The fraction of sp³-hybridized carbons (Fsp3) is 0.385. The largest absolute Gasteiger partial charge is 0.491 e. The third kappa shape index (κ3) is 4.96. The summed E-state index contributed by atoms with van der Waals surface area (Å²) in [7, 11) is 0. The van der Waals surface area contributed by atoms with Crippen LogP contribution in [0.2, 0.25) is 0 Å². The predicted molar refractivity (Wildman–Crippen MR) is 65.5 cm³/mol. The lowest BCUT2D eigenvalue weighted by Crippen LogP contribution is -2.07. The normalized spacial score (nSPS) is 10.9. The first-order valence-corrected chi connectivity index (χ1v) is 5.47. The van der Waals surface area contributed by atoms with Gasteiger partial charge in [0, 0.05) is 6.54 Å². The Hall–Kier alpha value is -1.32. The van der Waals surface area contributed by atoms with Crippen LogP contribution in [0, 0.1) is 0 Å². The number of benzene rings is 1. The van der Waals surface area contributed by atoms with Gasteiger partial charge in [0.15, 0.2) is 0 Å². The molecule has 16 heavy (non-hydrogen) atoms. The number of hydrogen-bond donors (Lipinski definition) is 1. The van der Waals surface area contributed by atoms with E-state index >= 15 is 0 Å². The molecule has 0 heterocycles. The zero-order valence-electron chi connectivity index (χ0n) is 9.69. The molecule has 0 fully saturated rings. The molecular weight excluding hydrogens is 202 g/mol. The second-order valence-electron chi connectivity index (χ2n) is 3.34. The average Bonchev–Trinajstić information content (AvgIpc) is 2.34. The molecule has 3 heteroatoms. The Morgan fingerprint density at radius 3 is 2.94 bits per heavy atom. The molecule has 1 aromatic carbocycles. The van der Waals surface area contributed by atoms with Crippen molar-refractivity contribution in [2.45, 2.75) is 13.5 Å². The number of ether oxygens (including phenoxy) is 2. The summed E-state index contributed by atoms with van der Waals surface area (Å²) >= 11 is 0. The number of rotatable bonds is 7. The van der Waals surface area contributed by atoms with Gasteiger partial charge in [-0.05, 0) is 24.6 Å². The number of hydrogen-bond acceptors (Lipinski definition) is 3. The topological polar surface area (TPSA) is 44.5 Å². The lowest BCUT2D eigenvalue weighted by molar-refractivity contribution is 0.121. The van der Waals surface area contributed by atoms with Gasteiger partial charge >= 0.3 is 0 Å². The molecule has 88 valence electrons. The Kier molecular flexibility index (Phi) is 6.30. The zero-order valence-corrected chi connectivity index (χ0v) is 9.69. The summed E-state index contributed by atoms with van der Waals surface area (Å²) in [5.74, 6) is 0.845. The van der Waals surface area contributed by atoms with Crippen molar-refractivity contribution < 1.29 is 9.47 Å². The maximum atomic E-state index is 5.54. The molecular formula is C13H19NO2. The molecule has 0 aliphatic carbocycles. The van der Waals surface area contributed by atoms with Crippen molar-refractivity contribution in [3.8, 4) is 5.75 Å². The van der Waals surface area contributed by atoms with E-state index < -0.39 is 0 Å². The molecule has 0 aromatic heterocycles. The van der Waals surface area contributed by atoms with E-state index in [0.29, 0.717) is 26.4 Å². The standard InChI is InChI=1S/C13H19NO2/c1-2-3-7-15-8-9-16-13-6-4-5-12(10-13)11-14/h2-6,10H,7-9,11,14H2,1H3. The molecule has 0 radical (unpaired) electrons. The summed E-state index contributed by atoms with van der Waals surface area (Å²) < 4.78 is 10.8. The van der Waals surface area contributed by atoms with Crippen LogP contribution >= 0.6 is 0 Å². The van der Waals surface area contributed by atoms with Crippen LogP contribution in [0.25, 0.3) is 0 Å². The monoisotopic (exact) mass is 221 g/mol. The Bertz CT molecular complexity index is 323. The Morgan fingerprint density at radius 1 is 1.31 bits per heavy atom. The fourth-order valence-corrected chi connectivity index (χ4v) is 1.23.